The van der Waals surface area contributed by atoms with Crippen molar-refractivity contribution in [2.45, 2.75) is 6.10 Å². The highest BCUT2D eigenvalue weighted by molar-refractivity contribution is 6.14. The Labute approximate surface area is 152 Å². The Bertz CT molecular complexity index is 974. The minimum absolute atomic E-state index is 0.0106. The molecule has 0 unspecified atom stereocenters. The van der Waals surface area contributed by atoms with E-state index < -0.39 is 6.10 Å². The molecule has 0 radical (unpaired) electrons. The molecule has 0 saturated heterocycles. The monoisotopic (exact) mass is 342 g/mol. The van der Waals surface area contributed by atoms with Crippen LogP contribution in [0.15, 0.2) is 84.4 Å². The molecule has 1 atom stereocenters. The number of benzene rings is 3. The van der Waals surface area contributed by atoms with E-state index in [1.54, 1.807) is 13.2 Å². The number of hydrogen-bond donors (Lipinski definition) is 0. The lowest BCUT2D eigenvalue weighted by Gasteiger charge is -2.28. The number of carbonyl (C=O) groups is 1. The molecule has 128 valence electrons. The number of methoxy groups -OCH3 is 1. The highest BCUT2D eigenvalue weighted by Crippen LogP contribution is 2.39. The van der Waals surface area contributed by atoms with Gasteiger partial charge in [-0.3, -0.25) is 4.79 Å². The molecule has 1 aliphatic heterocycles. The minimum atomic E-state index is -0.440. The van der Waals surface area contributed by atoms with E-state index in [9.17, 15) is 4.79 Å². The van der Waals surface area contributed by atoms with Crippen LogP contribution in [0.1, 0.15) is 27.6 Å². The van der Waals surface area contributed by atoms with Crippen LogP contribution < -0.4 is 9.47 Å². The molecule has 0 bridgehead atoms. The number of ether oxygens (including phenoxy) is 2. The first-order chi connectivity index (χ1) is 12.8. The molecule has 0 aromatic heterocycles. The fourth-order valence-corrected chi connectivity index (χ4v) is 3.15. The molecule has 3 heteroatoms. The topological polar surface area (TPSA) is 35.5 Å². The molecule has 0 N–H and O–H groups in total. The summed E-state index contributed by atoms with van der Waals surface area (Å²) in [7, 11) is 1.63. The van der Waals surface area contributed by atoms with Crippen LogP contribution in [0, 0.1) is 0 Å². The molecule has 3 aromatic rings. The standard InChI is InChI=1S/C23H18O3/c1-25-18-11-7-8-16(14-18)15-20-22(24)19-12-5-6-13-21(19)26-23(20)17-9-3-2-4-10-17/h2-15,23H,1H3/b20-15+/t23-/m1/s1. The normalized spacial score (nSPS) is 17.5. The number of ketones is 1. The van der Waals surface area contributed by atoms with E-state index in [1.807, 2.05) is 78.9 Å². The molecule has 1 aliphatic rings. The third kappa shape index (κ3) is 3.00. The average molecular weight is 342 g/mol. The van der Waals surface area contributed by atoms with E-state index in [0.717, 1.165) is 16.9 Å². The van der Waals surface area contributed by atoms with Gasteiger partial charge >= 0.3 is 0 Å². The fourth-order valence-electron chi connectivity index (χ4n) is 3.15. The van der Waals surface area contributed by atoms with Crippen LogP contribution in [0.2, 0.25) is 0 Å². The lowest BCUT2D eigenvalue weighted by atomic mass is 9.89. The van der Waals surface area contributed by atoms with Crippen molar-refractivity contribution in [3.05, 3.63) is 101 Å². The van der Waals surface area contributed by atoms with E-state index in [0.29, 0.717) is 16.9 Å². The summed E-state index contributed by atoms with van der Waals surface area (Å²) in [4.78, 5) is 13.2. The molecule has 0 aliphatic carbocycles. The number of rotatable bonds is 3. The first-order valence-corrected chi connectivity index (χ1v) is 8.47. The number of hydrogen-bond acceptors (Lipinski definition) is 3. The molecule has 3 aromatic carbocycles. The maximum absolute atomic E-state index is 13.2. The van der Waals surface area contributed by atoms with E-state index >= 15 is 0 Å². The van der Waals surface area contributed by atoms with Crippen molar-refractivity contribution in [1.29, 1.82) is 0 Å². The van der Waals surface area contributed by atoms with Gasteiger partial charge in [-0.2, -0.15) is 0 Å². The Morgan fingerprint density at radius 2 is 1.69 bits per heavy atom. The SMILES string of the molecule is COc1cccc(/C=C2\C(=O)c3ccccc3O[C@@H]2c2ccccc2)c1. The van der Waals surface area contributed by atoms with Crippen LogP contribution in [0.4, 0.5) is 0 Å². The fraction of sp³-hybridized carbons (Fsp3) is 0.0870. The van der Waals surface area contributed by atoms with Crippen LogP contribution in [-0.2, 0) is 0 Å². The van der Waals surface area contributed by atoms with E-state index in [-0.39, 0.29) is 5.78 Å². The summed E-state index contributed by atoms with van der Waals surface area (Å²) in [6, 6.07) is 24.8. The van der Waals surface area contributed by atoms with Gasteiger partial charge in [0.05, 0.1) is 12.7 Å². The number of fused-ring (bicyclic) bond motifs is 1. The van der Waals surface area contributed by atoms with E-state index in [2.05, 4.69) is 0 Å². The van der Waals surface area contributed by atoms with Crippen LogP contribution in [0.3, 0.4) is 0 Å². The second-order valence-electron chi connectivity index (χ2n) is 6.11. The molecular formula is C23H18O3. The summed E-state index contributed by atoms with van der Waals surface area (Å²) in [5, 5.41) is 0. The van der Waals surface area contributed by atoms with Crippen molar-refractivity contribution < 1.29 is 14.3 Å². The van der Waals surface area contributed by atoms with Gasteiger partial charge in [0.2, 0.25) is 0 Å². The lowest BCUT2D eigenvalue weighted by molar-refractivity contribution is 0.0963. The number of carbonyl (C=O) groups excluding carboxylic acids is 1. The van der Waals surface area contributed by atoms with Crippen LogP contribution in [0.5, 0.6) is 11.5 Å². The van der Waals surface area contributed by atoms with Gasteiger partial charge in [-0.15, -0.1) is 0 Å². The molecule has 0 spiro atoms. The van der Waals surface area contributed by atoms with Gasteiger partial charge in [0, 0.05) is 5.57 Å². The summed E-state index contributed by atoms with van der Waals surface area (Å²) >= 11 is 0. The van der Waals surface area contributed by atoms with Gasteiger partial charge in [0.15, 0.2) is 11.9 Å². The first kappa shape index (κ1) is 16.2. The quantitative estimate of drug-likeness (QED) is 0.622. The summed E-state index contributed by atoms with van der Waals surface area (Å²) in [5.74, 6) is 1.36. The lowest BCUT2D eigenvalue weighted by Crippen LogP contribution is -2.23. The number of para-hydroxylation sites is 1. The smallest absolute Gasteiger partial charge is 0.196 e. The maximum atomic E-state index is 13.2. The third-order valence-corrected chi connectivity index (χ3v) is 4.44. The van der Waals surface area contributed by atoms with Gasteiger partial charge in [-0.25, -0.2) is 0 Å². The molecule has 0 saturated carbocycles. The van der Waals surface area contributed by atoms with Crippen LogP contribution >= 0.6 is 0 Å². The van der Waals surface area contributed by atoms with Gasteiger partial charge in [-0.05, 0) is 41.5 Å². The molecule has 3 nitrogen and oxygen atoms in total. The van der Waals surface area contributed by atoms with Crippen molar-refractivity contribution in [3.63, 3.8) is 0 Å². The molecule has 1 heterocycles. The van der Waals surface area contributed by atoms with Gasteiger partial charge in [0.25, 0.3) is 0 Å². The summed E-state index contributed by atoms with van der Waals surface area (Å²) in [6.07, 6.45) is 1.45. The Morgan fingerprint density at radius 1 is 0.923 bits per heavy atom. The maximum Gasteiger partial charge on any atom is 0.196 e. The molecule has 4 rings (SSSR count). The summed E-state index contributed by atoms with van der Waals surface area (Å²) in [5.41, 5.74) is 3.05. The minimum Gasteiger partial charge on any atom is -0.497 e. The van der Waals surface area contributed by atoms with Crippen molar-refractivity contribution in [2.75, 3.05) is 7.11 Å². The summed E-state index contributed by atoms with van der Waals surface area (Å²) in [6.45, 7) is 0. The highest BCUT2D eigenvalue weighted by atomic mass is 16.5. The predicted molar refractivity (Wildman–Crippen MR) is 102 cm³/mol. The Hall–Kier alpha value is -3.33. The Balaban J connectivity index is 1.85. The van der Waals surface area contributed by atoms with Gasteiger partial charge < -0.3 is 9.47 Å². The van der Waals surface area contributed by atoms with Crippen LogP contribution in [0.25, 0.3) is 6.08 Å². The highest BCUT2D eigenvalue weighted by Gasteiger charge is 2.32. The van der Waals surface area contributed by atoms with Gasteiger partial charge in [-0.1, -0.05) is 54.6 Å². The zero-order chi connectivity index (χ0) is 17.9. The molecule has 26 heavy (non-hydrogen) atoms. The number of Topliss-reactive ketones (excluding diaryl/α,β-unsaturated/α-hetero) is 1. The Kier molecular flexibility index (Phi) is 4.28. The molecule has 0 amide bonds. The van der Waals surface area contributed by atoms with Crippen LogP contribution in [-0.4, -0.2) is 12.9 Å². The first-order valence-electron chi connectivity index (χ1n) is 8.47. The van der Waals surface area contributed by atoms with E-state index in [1.165, 1.54) is 0 Å². The molecular weight excluding hydrogens is 324 g/mol. The molecule has 0 fully saturated rings. The zero-order valence-corrected chi connectivity index (χ0v) is 14.4. The summed E-state index contributed by atoms with van der Waals surface area (Å²) < 4.78 is 11.5. The van der Waals surface area contributed by atoms with Crippen molar-refractivity contribution in [3.8, 4) is 11.5 Å². The largest absolute Gasteiger partial charge is 0.497 e. The Morgan fingerprint density at radius 3 is 2.50 bits per heavy atom. The average Bonchev–Trinajstić information content (AvgIpc) is 2.71. The van der Waals surface area contributed by atoms with Gasteiger partial charge in [0.1, 0.15) is 11.5 Å². The second-order valence-corrected chi connectivity index (χ2v) is 6.11. The van der Waals surface area contributed by atoms with Crippen molar-refractivity contribution >= 4 is 11.9 Å². The van der Waals surface area contributed by atoms with Crippen molar-refractivity contribution in [2.24, 2.45) is 0 Å². The van der Waals surface area contributed by atoms with Crippen molar-refractivity contribution in [1.82, 2.24) is 0 Å². The third-order valence-electron chi connectivity index (χ3n) is 4.44. The predicted octanol–water partition coefficient (Wildman–Crippen LogP) is 5.10. The second kappa shape index (κ2) is 6.89. The van der Waals surface area contributed by atoms with E-state index in [4.69, 9.17) is 9.47 Å². The zero-order valence-electron chi connectivity index (χ0n) is 14.4.